The van der Waals surface area contributed by atoms with E-state index in [4.69, 9.17) is 10.5 Å². The first-order chi connectivity index (χ1) is 12.5. The minimum Gasteiger partial charge on any atom is -0.465 e. The average molecular weight is 371 g/mol. The number of carbonyl (C=O) groups is 1. The Hall–Kier alpha value is -3.20. The Kier molecular flexibility index (Phi) is 4.99. The van der Waals surface area contributed by atoms with Crippen molar-refractivity contribution >= 4 is 33.9 Å². The number of hydrogen-bond acceptors (Lipinski definition) is 9. The molecule has 2 heterocycles. The molecule has 0 saturated carbocycles. The fourth-order valence-corrected chi connectivity index (χ4v) is 2.89. The zero-order chi connectivity index (χ0) is 18.7. The Morgan fingerprint density at radius 2 is 1.92 bits per heavy atom. The second-order valence-electron chi connectivity index (χ2n) is 5.34. The summed E-state index contributed by atoms with van der Waals surface area (Å²) in [5.41, 5.74) is 7.75. The highest BCUT2D eigenvalue weighted by Gasteiger charge is 2.13. The van der Waals surface area contributed by atoms with Crippen molar-refractivity contribution in [1.82, 2.24) is 15.0 Å². The van der Waals surface area contributed by atoms with Crippen molar-refractivity contribution in [2.45, 2.75) is 13.8 Å². The first-order valence-electron chi connectivity index (χ1n) is 7.65. The van der Waals surface area contributed by atoms with Crippen molar-refractivity contribution in [1.29, 1.82) is 0 Å². The van der Waals surface area contributed by atoms with Crippen LogP contribution >= 0.6 is 11.3 Å². The Labute approximate surface area is 154 Å². The largest absolute Gasteiger partial charge is 0.465 e. The van der Waals surface area contributed by atoms with Gasteiger partial charge in [-0.15, -0.1) is 11.3 Å². The molecule has 0 amide bonds. The standard InChI is InChI=1S/C17H17N5O3S/c1-9-10(2)26-17(21-9)22-14-13(18)15(20-8-19-14)25-12-6-4-11(5-7-12)16(23)24-3/h4-8H,18H2,1-3H3,(H,19,20,21,22). The van der Waals surface area contributed by atoms with E-state index in [1.165, 1.54) is 24.8 Å². The third kappa shape index (κ3) is 3.72. The highest BCUT2D eigenvalue weighted by molar-refractivity contribution is 7.15. The molecule has 0 atom stereocenters. The Bertz CT molecular complexity index is 921. The Balaban J connectivity index is 1.79. The van der Waals surface area contributed by atoms with Crippen molar-refractivity contribution < 1.29 is 14.3 Å². The van der Waals surface area contributed by atoms with Gasteiger partial charge >= 0.3 is 5.97 Å². The Morgan fingerprint density at radius 1 is 1.19 bits per heavy atom. The van der Waals surface area contributed by atoms with Crippen molar-refractivity contribution in [3.63, 3.8) is 0 Å². The average Bonchev–Trinajstić information content (AvgIpc) is 2.96. The highest BCUT2D eigenvalue weighted by atomic mass is 32.1. The van der Waals surface area contributed by atoms with Gasteiger partial charge in [-0.1, -0.05) is 0 Å². The zero-order valence-electron chi connectivity index (χ0n) is 14.4. The lowest BCUT2D eigenvalue weighted by Crippen LogP contribution is -2.03. The quantitative estimate of drug-likeness (QED) is 0.656. The molecule has 3 aromatic rings. The number of hydrogen-bond donors (Lipinski definition) is 2. The summed E-state index contributed by atoms with van der Waals surface area (Å²) in [5, 5.41) is 3.78. The van der Waals surface area contributed by atoms with E-state index in [1.54, 1.807) is 24.3 Å². The van der Waals surface area contributed by atoms with Gasteiger partial charge in [0.1, 0.15) is 17.8 Å². The number of anilines is 3. The number of rotatable bonds is 5. The maximum atomic E-state index is 11.5. The number of nitrogens with zero attached hydrogens (tertiary/aromatic N) is 3. The molecule has 2 aromatic heterocycles. The molecule has 0 radical (unpaired) electrons. The maximum absolute atomic E-state index is 11.5. The first kappa shape index (κ1) is 17.6. The van der Waals surface area contributed by atoms with E-state index >= 15 is 0 Å². The number of nitrogens with one attached hydrogen (secondary N) is 1. The van der Waals surface area contributed by atoms with Crippen LogP contribution in [0.3, 0.4) is 0 Å². The predicted octanol–water partition coefficient (Wildman–Crippen LogP) is 3.45. The minimum absolute atomic E-state index is 0.207. The SMILES string of the molecule is COC(=O)c1ccc(Oc2ncnc(Nc3nc(C)c(C)s3)c2N)cc1. The number of methoxy groups -OCH3 is 1. The lowest BCUT2D eigenvalue weighted by molar-refractivity contribution is 0.0600. The molecular weight excluding hydrogens is 354 g/mol. The molecule has 1 aromatic carbocycles. The van der Waals surface area contributed by atoms with E-state index in [0.717, 1.165) is 10.6 Å². The summed E-state index contributed by atoms with van der Waals surface area (Å²) in [4.78, 5) is 25.2. The molecule has 0 fully saturated rings. The number of aryl methyl sites for hydroxylation is 2. The molecular formula is C17H17N5O3S. The number of thiazole rings is 1. The smallest absolute Gasteiger partial charge is 0.337 e. The molecule has 0 spiro atoms. The molecule has 0 aliphatic carbocycles. The van der Waals surface area contributed by atoms with Crippen LogP contribution in [0, 0.1) is 13.8 Å². The van der Waals surface area contributed by atoms with Crippen LogP contribution in [0.15, 0.2) is 30.6 Å². The lowest BCUT2D eigenvalue weighted by Gasteiger charge is -2.10. The summed E-state index contributed by atoms with van der Waals surface area (Å²) >= 11 is 1.51. The molecule has 26 heavy (non-hydrogen) atoms. The molecule has 8 nitrogen and oxygen atoms in total. The number of ether oxygens (including phenoxy) is 2. The molecule has 134 valence electrons. The van der Waals surface area contributed by atoms with Crippen LogP contribution in [-0.4, -0.2) is 28.0 Å². The van der Waals surface area contributed by atoms with E-state index in [2.05, 4.69) is 25.0 Å². The van der Waals surface area contributed by atoms with Crippen molar-refractivity contribution in [2.75, 3.05) is 18.2 Å². The van der Waals surface area contributed by atoms with Crippen molar-refractivity contribution in [3.8, 4) is 11.6 Å². The van der Waals surface area contributed by atoms with E-state index in [9.17, 15) is 4.79 Å². The van der Waals surface area contributed by atoms with E-state index < -0.39 is 5.97 Å². The summed E-state index contributed by atoms with van der Waals surface area (Å²) in [6, 6.07) is 6.46. The molecule has 3 rings (SSSR count). The summed E-state index contributed by atoms with van der Waals surface area (Å²) in [6.07, 6.45) is 1.35. The number of nitrogen functional groups attached to an aromatic ring is 1. The lowest BCUT2D eigenvalue weighted by atomic mass is 10.2. The Morgan fingerprint density at radius 3 is 2.54 bits per heavy atom. The molecule has 9 heteroatoms. The third-order valence-corrected chi connectivity index (χ3v) is 4.58. The summed E-state index contributed by atoms with van der Waals surface area (Å²) in [5.74, 6) is 0.682. The van der Waals surface area contributed by atoms with Gasteiger partial charge in [0.2, 0.25) is 5.88 Å². The number of aromatic nitrogens is 3. The topological polar surface area (TPSA) is 112 Å². The van der Waals surface area contributed by atoms with Crippen LogP contribution < -0.4 is 15.8 Å². The highest BCUT2D eigenvalue weighted by Crippen LogP contribution is 2.32. The van der Waals surface area contributed by atoms with Crippen LogP contribution in [-0.2, 0) is 4.74 Å². The van der Waals surface area contributed by atoms with Crippen LogP contribution in [0.2, 0.25) is 0 Å². The summed E-state index contributed by atoms with van der Waals surface area (Å²) < 4.78 is 10.4. The van der Waals surface area contributed by atoms with Crippen molar-refractivity contribution in [2.24, 2.45) is 0 Å². The van der Waals surface area contributed by atoms with Crippen LogP contribution in [0.1, 0.15) is 20.9 Å². The fourth-order valence-electron chi connectivity index (χ4n) is 2.08. The van der Waals surface area contributed by atoms with E-state index in [-0.39, 0.29) is 11.6 Å². The number of esters is 1. The van der Waals surface area contributed by atoms with E-state index in [0.29, 0.717) is 22.3 Å². The van der Waals surface area contributed by atoms with Gasteiger partial charge in [0.05, 0.1) is 18.4 Å². The number of nitrogens with two attached hydrogens (primary N) is 1. The molecule has 0 aliphatic rings. The van der Waals surface area contributed by atoms with Crippen LogP contribution in [0.5, 0.6) is 11.6 Å². The molecule has 0 aliphatic heterocycles. The molecule has 0 unspecified atom stereocenters. The van der Waals surface area contributed by atoms with Gasteiger partial charge in [0.25, 0.3) is 0 Å². The fraction of sp³-hybridized carbons (Fsp3) is 0.176. The second kappa shape index (κ2) is 7.36. The van der Waals surface area contributed by atoms with E-state index in [1.807, 2.05) is 13.8 Å². The van der Waals surface area contributed by atoms with Gasteiger partial charge in [0.15, 0.2) is 10.9 Å². The van der Waals surface area contributed by atoms with Crippen molar-refractivity contribution in [3.05, 3.63) is 46.7 Å². The van der Waals surface area contributed by atoms with Gasteiger partial charge in [0, 0.05) is 4.88 Å². The van der Waals surface area contributed by atoms with Gasteiger partial charge in [-0.3, -0.25) is 0 Å². The third-order valence-electron chi connectivity index (χ3n) is 3.59. The molecule has 0 bridgehead atoms. The van der Waals surface area contributed by atoms with Gasteiger partial charge in [-0.25, -0.2) is 14.8 Å². The van der Waals surface area contributed by atoms with Gasteiger partial charge < -0.3 is 20.5 Å². The number of carbonyl (C=O) groups excluding carboxylic acids is 1. The minimum atomic E-state index is -0.418. The number of benzene rings is 1. The predicted molar refractivity (Wildman–Crippen MR) is 99.2 cm³/mol. The van der Waals surface area contributed by atoms with Crippen LogP contribution in [0.25, 0.3) is 0 Å². The first-order valence-corrected chi connectivity index (χ1v) is 8.47. The molecule has 0 saturated heterocycles. The molecule has 3 N–H and O–H groups in total. The summed E-state index contributed by atoms with van der Waals surface area (Å²) in [7, 11) is 1.33. The zero-order valence-corrected chi connectivity index (χ0v) is 15.3. The van der Waals surface area contributed by atoms with Gasteiger partial charge in [-0.2, -0.15) is 4.98 Å². The summed E-state index contributed by atoms with van der Waals surface area (Å²) in [6.45, 7) is 3.93. The van der Waals surface area contributed by atoms with Gasteiger partial charge in [-0.05, 0) is 38.1 Å². The van der Waals surface area contributed by atoms with Crippen LogP contribution in [0.4, 0.5) is 16.6 Å². The normalized spacial score (nSPS) is 10.4. The maximum Gasteiger partial charge on any atom is 0.337 e. The monoisotopic (exact) mass is 371 g/mol. The second-order valence-corrected chi connectivity index (χ2v) is 6.55.